The van der Waals surface area contributed by atoms with Gasteiger partial charge in [-0.2, -0.15) is 0 Å². The summed E-state index contributed by atoms with van der Waals surface area (Å²) in [5, 5.41) is 10.9. The van der Waals surface area contributed by atoms with Crippen LogP contribution in [-0.2, 0) is 19.7 Å². The maximum absolute atomic E-state index is 15.8. The fourth-order valence-corrected chi connectivity index (χ4v) is 7.06. The van der Waals surface area contributed by atoms with E-state index < -0.39 is 12.1 Å². The van der Waals surface area contributed by atoms with Crippen molar-refractivity contribution in [3.63, 3.8) is 0 Å². The first-order chi connectivity index (χ1) is 21.5. The molecule has 2 aliphatic rings. The van der Waals surface area contributed by atoms with Crippen molar-refractivity contribution in [1.82, 2.24) is 19.4 Å². The molecule has 2 atom stereocenters. The lowest BCUT2D eigenvalue weighted by Gasteiger charge is -2.32. The van der Waals surface area contributed by atoms with Gasteiger partial charge < -0.3 is 19.3 Å². The molecule has 6 rings (SSSR count). The predicted molar refractivity (Wildman–Crippen MR) is 172 cm³/mol. The van der Waals surface area contributed by atoms with Gasteiger partial charge in [0.2, 0.25) is 0 Å². The maximum Gasteiger partial charge on any atom is 0.335 e. The van der Waals surface area contributed by atoms with Crippen molar-refractivity contribution >= 4 is 16.9 Å². The van der Waals surface area contributed by atoms with Crippen molar-refractivity contribution in [2.24, 2.45) is 0 Å². The number of fused-ring (bicyclic) bond motifs is 5. The van der Waals surface area contributed by atoms with Gasteiger partial charge in [0, 0.05) is 67.5 Å². The molecule has 44 heavy (non-hydrogen) atoms. The van der Waals surface area contributed by atoms with Crippen LogP contribution in [0.15, 0.2) is 60.9 Å². The Kier molecular flexibility index (Phi) is 9.28. The van der Waals surface area contributed by atoms with Gasteiger partial charge in [0.25, 0.3) is 0 Å². The molecule has 2 aromatic heterocycles. The van der Waals surface area contributed by atoms with Crippen molar-refractivity contribution in [3.05, 3.63) is 83.2 Å². The molecule has 4 aromatic rings. The first-order valence-electron chi connectivity index (χ1n) is 16.1. The van der Waals surface area contributed by atoms with Crippen LogP contribution in [0.2, 0.25) is 0 Å². The summed E-state index contributed by atoms with van der Waals surface area (Å²) < 4.78 is 24.3. The number of benzene rings is 2. The molecule has 0 amide bonds. The van der Waals surface area contributed by atoms with Crippen molar-refractivity contribution < 1.29 is 19.0 Å². The number of carboxylic acid groups (broad SMARTS) is 1. The number of pyridine rings is 1. The molecular weight excluding hydrogens is 555 g/mol. The Morgan fingerprint density at radius 3 is 2.59 bits per heavy atom. The van der Waals surface area contributed by atoms with E-state index in [9.17, 15) is 9.90 Å². The molecule has 3 heterocycles. The molecule has 1 N–H and O–H groups in total. The van der Waals surface area contributed by atoms with Gasteiger partial charge in [0.05, 0.1) is 11.3 Å². The zero-order valence-corrected chi connectivity index (χ0v) is 25.8. The van der Waals surface area contributed by atoms with E-state index in [4.69, 9.17) is 4.74 Å². The third-order valence-corrected chi connectivity index (χ3v) is 9.55. The lowest BCUT2D eigenvalue weighted by atomic mass is 9.80. The Balaban J connectivity index is 1.48. The number of rotatable bonds is 10. The normalized spacial score (nSPS) is 18.9. The molecule has 232 valence electrons. The maximum atomic E-state index is 15.8. The highest BCUT2D eigenvalue weighted by Crippen LogP contribution is 2.47. The van der Waals surface area contributed by atoms with Crippen LogP contribution in [0.1, 0.15) is 72.5 Å². The van der Waals surface area contributed by atoms with E-state index in [0.29, 0.717) is 19.6 Å². The summed E-state index contributed by atoms with van der Waals surface area (Å²) >= 11 is 0. The van der Waals surface area contributed by atoms with E-state index in [0.717, 1.165) is 103 Å². The van der Waals surface area contributed by atoms with Crippen molar-refractivity contribution in [2.45, 2.75) is 71.3 Å². The zero-order chi connectivity index (χ0) is 30.6. The SMILES string of the molecule is CCN(CC)CCN1CCn2c(c([C@@H]3CCCC[C@H]3F)c3ccc(C(=O)O)cc32)-c2ccc(OCc3ccncc3)cc2C1. The first kappa shape index (κ1) is 30.3. The fourth-order valence-electron chi connectivity index (χ4n) is 7.06. The molecule has 8 heteroatoms. The summed E-state index contributed by atoms with van der Waals surface area (Å²) in [4.78, 5) is 21.1. The summed E-state index contributed by atoms with van der Waals surface area (Å²) in [5.41, 5.74) is 6.48. The van der Waals surface area contributed by atoms with Gasteiger partial charge in [0.1, 0.15) is 18.5 Å². The van der Waals surface area contributed by atoms with Crippen molar-refractivity contribution in [1.29, 1.82) is 0 Å². The summed E-state index contributed by atoms with van der Waals surface area (Å²) in [5.74, 6) is -0.372. The molecule has 1 saturated carbocycles. The van der Waals surface area contributed by atoms with Gasteiger partial charge in [-0.3, -0.25) is 9.88 Å². The molecule has 2 aromatic carbocycles. The van der Waals surface area contributed by atoms with Gasteiger partial charge in [-0.15, -0.1) is 0 Å². The highest BCUT2D eigenvalue weighted by atomic mass is 19.1. The number of carboxylic acids is 1. The lowest BCUT2D eigenvalue weighted by Crippen LogP contribution is -2.37. The Labute approximate surface area is 259 Å². The minimum absolute atomic E-state index is 0.216. The second-order valence-electron chi connectivity index (χ2n) is 12.1. The number of likely N-dealkylation sites (N-methyl/N-ethyl adjacent to an activating group) is 1. The fraction of sp³-hybridized carbons (Fsp3) is 0.444. The largest absolute Gasteiger partial charge is 0.489 e. The number of aromatic nitrogens is 2. The van der Waals surface area contributed by atoms with E-state index >= 15 is 4.39 Å². The minimum atomic E-state index is -0.951. The molecule has 0 bridgehead atoms. The molecule has 0 spiro atoms. The summed E-state index contributed by atoms with van der Waals surface area (Å²) in [7, 11) is 0. The van der Waals surface area contributed by atoms with E-state index in [-0.39, 0.29) is 11.5 Å². The topological polar surface area (TPSA) is 70.8 Å². The van der Waals surface area contributed by atoms with Crippen LogP contribution in [0.3, 0.4) is 0 Å². The minimum Gasteiger partial charge on any atom is -0.489 e. The standard InChI is InChI=1S/C36H43FN4O3/c1-3-39(4-2)17-18-40-19-20-41-33-22-26(36(42)43)9-11-31(33)34(30-7-5-6-8-32(30)37)35(41)29-12-10-28(21-27(29)23-40)44-24-25-13-15-38-16-14-25/h9-16,21-22,30,32H,3-8,17-20,23-24H2,1-2H3,(H,42,43)/t30-,32-/m1/s1. The van der Waals surface area contributed by atoms with Crippen molar-refractivity contribution in [2.75, 3.05) is 32.7 Å². The van der Waals surface area contributed by atoms with Gasteiger partial charge in [0.15, 0.2) is 0 Å². The third kappa shape index (κ3) is 6.24. The highest BCUT2D eigenvalue weighted by Gasteiger charge is 2.34. The number of alkyl halides is 1. The molecule has 7 nitrogen and oxygen atoms in total. The number of halogens is 1. The predicted octanol–water partition coefficient (Wildman–Crippen LogP) is 7.13. The average Bonchev–Trinajstić information content (AvgIpc) is 3.35. The number of nitrogens with zero attached hydrogens (tertiary/aromatic N) is 4. The summed E-state index contributed by atoms with van der Waals surface area (Å²) in [6.45, 7) is 11.0. The first-order valence-corrected chi connectivity index (χ1v) is 16.1. The van der Waals surface area contributed by atoms with Crippen LogP contribution in [0, 0.1) is 0 Å². The zero-order valence-electron chi connectivity index (χ0n) is 25.8. The van der Waals surface area contributed by atoms with Crippen LogP contribution >= 0.6 is 0 Å². The van der Waals surface area contributed by atoms with Crippen LogP contribution < -0.4 is 4.74 Å². The molecule has 1 aliphatic heterocycles. The van der Waals surface area contributed by atoms with Gasteiger partial charge in [-0.05, 0) is 85.1 Å². The average molecular weight is 599 g/mol. The molecule has 0 radical (unpaired) electrons. The van der Waals surface area contributed by atoms with Crippen LogP contribution in [0.25, 0.3) is 22.2 Å². The van der Waals surface area contributed by atoms with Gasteiger partial charge >= 0.3 is 5.97 Å². The quantitative estimate of drug-likeness (QED) is 0.209. The molecule has 1 fully saturated rings. The monoisotopic (exact) mass is 598 g/mol. The smallest absolute Gasteiger partial charge is 0.335 e. The highest BCUT2D eigenvalue weighted by molar-refractivity contribution is 5.98. The lowest BCUT2D eigenvalue weighted by molar-refractivity contribution is 0.0697. The second-order valence-corrected chi connectivity index (χ2v) is 12.1. The Morgan fingerprint density at radius 2 is 1.84 bits per heavy atom. The van der Waals surface area contributed by atoms with Crippen LogP contribution in [0.4, 0.5) is 4.39 Å². The van der Waals surface area contributed by atoms with E-state index in [2.05, 4.69) is 45.3 Å². The van der Waals surface area contributed by atoms with E-state index in [1.807, 2.05) is 24.3 Å². The molecule has 0 unspecified atom stereocenters. The summed E-state index contributed by atoms with van der Waals surface area (Å²) in [6, 6.07) is 15.6. The van der Waals surface area contributed by atoms with Gasteiger partial charge in [-0.1, -0.05) is 32.8 Å². The second kappa shape index (κ2) is 13.5. The Morgan fingerprint density at radius 1 is 1.05 bits per heavy atom. The van der Waals surface area contributed by atoms with E-state index in [1.165, 1.54) is 0 Å². The molecule has 0 saturated heterocycles. The number of hydrogen-bond acceptors (Lipinski definition) is 5. The Bertz CT molecular complexity index is 1600. The third-order valence-electron chi connectivity index (χ3n) is 9.55. The van der Waals surface area contributed by atoms with Gasteiger partial charge in [-0.25, -0.2) is 9.18 Å². The van der Waals surface area contributed by atoms with Crippen molar-refractivity contribution in [3.8, 4) is 17.0 Å². The Hall–Kier alpha value is -3.75. The number of hydrogen-bond donors (Lipinski definition) is 1. The van der Waals surface area contributed by atoms with E-state index in [1.54, 1.807) is 24.5 Å². The van der Waals surface area contributed by atoms with Crippen LogP contribution in [0.5, 0.6) is 5.75 Å². The number of carbonyl (C=O) groups is 1. The number of ether oxygens (including phenoxy) is 1. The molecular formula is C36H43FN4O3. The molecule has 1 aliphatic carbocycles. The summed E-state index contributed by atoms with van der Waals surface area (Å²) in [6.07, 6.45) is 5.90. The van der Waals surface area contributed by atoms with Crippen LogP contribution in [-0.4, -0.2) is 69.3 Å². The number of aromatic carboxylic acids is 1.